The van der Waals surface area contributed by atoms with Crippen LogP contribution in [0.2, 0.25) is 0 Å². The molecule has 6 heteroatoms. The SMILES string of the molecule is CCNC(=NCCc1c[nH]c2ccccc12)NCCc1c[nH]c2ccccc12.I. The molecule has 0 radical (unpaired) electrons. The van der Waals surface area contributed by atoms with Crippen molar-refractivity contribution in [2.24, 2.45) is 4.99 Å². The van der Waals surface area contributed by atoms with Crippen molar-refractivity contribution in [2.75, 3.05) is 19.6 Å². The Hall–Kier alpha value is -2.48. The molecule has 2 aromatic heterocycles. The largest absolute Gasteiger partial charge is 0.361 e. The quantitative estimate of drug-likeness (QED) is 0.170. The van der Waals surface area contributed by atoms with Gasteiger partial charge in [0.2, 0.25) is 0 Å². The molecule has 4 aromatic rings. The smallest absolute Gasteiger partial charge is 0.191 e. The van der Waals surface area contributed by atoms with Gasteiger partial charge >= 0.3 is 0 Å². The number of rotatable bonds is 7. The lowest BCUT2D eigenvalue weighted by atomic mass is 10.1. The summed E-state index contributed by atoms with van der Waals surface area (Å²) in [6.45, 7) is 4.55. The number of nitrogens with zero attached hydrogens (tertiary/aromatic N) is 1. The summed E-state index contributed by atoms with van der Waals surface area (Å²) in [4.78, 5) is 11.4. The van der Waals surface area contributed by atoms with Gasteiger partial charge in [-0.2, -0.15) is 0 Å². The number of fused-ring (bicyclic) bond motifs is 2. The zero-order valence-electron chi connectivity index (χ0n) is 16.7. The number of hydrogen-bond acceptors (Lipinski definition) is 1. The van der Waals surface area contributed by atoms with Gasteiger partial charge in [-0.05, 0) is 43.0 Å². The van der Waals surface area contributed by atoms with Crippen LogP contribution >= 0.6 is 24.0 Å². The Bertz CT molecular complexity index is 1080. The van der Waals surface area contributed by atoms with E-state index in [0.29, 0.717) is 0 Å². The highest BCUT2D eigenvalue weighted by Gasteiger charge is 2.05. The van der Waals surface area contributed by atoms with Crippen LogP contribution in [-0.2, 0) is 12.8 Å². The predicted molar refractivity (Wildman–Crippen MR) is 133 cm³/mol. The third kappa shape index (κ3) is 5.12. The molecule has 0 spiro atoms. The molecule has 0 bridgehead atoms. The first-order valence-corrected chi connectivity index (χ1v) is 9.97. The fourth-order valence-corrected chi connectivity index (χ4v) is 3.62. The van der Waals surface area contributed by atoms with Crippen LogP contribution in [0.1, 0.15) is 18.1 Å². The molecule has 0 aliphatic heterocycles. The second kappa shape index (κ2) is 10.3. The van der Waals surface area contributed by atoms with Gasteiger partial charge in [0.25, 0.3) is 0 Å². The summed E-state index contributed by atoms with van der Waals surface area (Å²) in [5.41, 5.74) is 5.02. The number of nitrogens with one attached hydrogen (secondary N) is 4. The molecule has 0 fully saturated rings. The van der Waals surface area contributed by atoms with Crippen LogP contribution in [0.25, 0.3) is 21.8 Å². The van der Waals surface area contributed by atoms with E-state index in [1.54, 1.807) is 0 Å². The summed E-state index contributed by atoms with van der Waals surface area (Å²) >= 11 is 0. The molecule has 0 atom stereocenters. The first kappa shape index (κ1) is 21.2. The summed E-state index contributed by atoms with van der Waals surface area (Å²) in [7, 11) is 0. The molecule has 0 unspecified atom stereocenters. The third-order valence-corrected chi connectivity index (χ3v) is 5.03. The predicted octanol–water partition coefficient (Wildman–Crippen LogP) is 4.61. The number of aromatic amines is 2. The minimum atomic E-state index is 0. The van der Waals surface area contributed by atoms with E-state index < -0.39 is 0 Å². The van der Waals surface area contributed by atoms with E-state index >= 15 is 0 Å². The van der Waals surface area contributed by atoms with Gasteiger partial charge in [0.05, 0.1) is 0 Å². The van der Waals surface area contributed by atoms with E-state index in [2.05, 4.69) is 88.4 Å². The maximum atomic E-state index is 4.75. The topological polar surface area (TPSA) is 68.0 Å². The first-order valence-electron chi connectivity index (χ1n) is 9.97. The average molecular weight is 501 g/mol. The molecule has 4 N–H and O–H groups in total. The van der Waals surface area contributed by atoms with E-state index in [-0.39, 0.29) is 24.0 Å². The highest BCUT2D eigenvalue weighted by atomic mass is 127. The van der Waals surface area contributed by atoms with Crippen LogP contribution in [0.4, 0.5) is 0 Å². The van der Waals surface area contributed by atoms with Crippen LogP contribution in [0.15, 0.2) is 65.9 Å². The molecule has 0 aliphatic carbocycles. The molecular formula is C23H28IN5. The minimum absolute atomic E-state index is 0. The van der Waals surface area contributed by atoms with Crippen LogP contribution < -0.4 is 10.6 Å². The Kier molecular flexibility index (Phi) is 7.57. The molecule has 29 heavy (non-hydrogen) atoms. The Labute approximate surface area is 188 Å². The lowest BCUT2D eigenvalue weighted by Crippen LogP contribution is -2.38. The van der Waals surface area contributed by atoms with Crippen LogP contribution in [0.3, 0.4) is 0 Å². The zero-order valence-corrected chi connectivity index (χ0v) is 19.0. The monoisotopic (exact) mass is 501 g/mol. The average Bonchev–Trinajstić information content (AvgIpc) is 3.33. The number of para-hydroxylation sites is 2. The Morgan fingerprint density at radius 1 is 0.828 bits per heavy atom. The number of aromatic nitrogens is 2. The number of halogens is 1. The van der Waals surface area contributed by atoms with Gasteiger partial charge in [-0.1, -0.05) is 36.4 Å². The van der Waals surface area contributed by atoms with Crippen molar-refractivity contribution < 1.29 is 0 Å². The van der Waals surface area contributed by atoms with E-state index in [1.807, 2.05) is 0 Å². The molecule has 5 nitrogen and oxygen atoms in total. The number of benzene rings is 2. The molecule has 152 valence electrons. The molecule has 0 amide bonds. The van der Waals surface area contributed by atoms with Crippen molar-refractivity contribution >= 4 is 51.7 Å². The lowest BCUT2D eigenvalue weighted by Gasteiger charge is -2.11. The Morgan fingerprint density at radius 3 is 2.03 bits per heavy atom. The van der Waals surface area contributed by atoms with E-state index in [1.165, 1.54) is 32.9 Å². The maximum Gasteiger partial charge on any atom is 0.191 e. The van der Waals surface area contributed by atoms with Gasteiger partial charge < -0.3 is 20.6 Å². The number of guanidine groups is 1. The number of aliphatic imine (C=N–C) groups is 1. The third-order valence-electron chi connectivity index (χ3n) is 5.03. The summed E-state index contributed by atoms with van der Waals surface area (Å²) in [5.74, 6) is 0.877. The Balaban J connectivity index is 0.00000240. The highest BCUT2D eigenvalue weighted by Crippen LogP contribution is 2.18. The first-order chi connectivity index (χ1) is 13.8. The van der Waals surface area contributed by atoms with Crippen molar-refractivity contribution in [1.82, 2.24) is 20.6 Å². The molecule has 0 saturated carbocycles. The summed E-state index contributed by atoms with van der Waals surface area (Å²) < 4.78 is 0. The molecule has 0 saturated heterocycles. The van der Waals surface area contributed by atoms with Crippen LogP contribution in [0.5, 0.6) is 0 Å². The second-order valence-electron chi connectivity index (χ2n) is 6.91. The second-order valence-corrected chi connectivity index (χ2v) is 6.91. The lowest BCUT2D eigenvalue weighted by molar-refractivity contribution is 0.799. The van der Waals surface area contributed by atoms with Gasteiger partial charge in [-0.25, -0.2) is 0 Å². The van der Waals surface area contributed by atoms with Gasteiger partial charge in [0, 0.05) is 53.8 Å². The fraction of sp³-hybridized carbons (Fsp3) is 0.261. The van der Waals surface area contributed by atoms with Crippen molar-refractivity contribution in [3.8, 4) is 0 Å². The molecular weight excluding hydrogens is 473 g/mol. The van der Waals surface area contributed by atoms with Gasteiger partial charge in [0.15, 0.2) is 5.96 Å². The summed E-state index contributed by atoms with van der Waals surface area (Å²) in [6, 6.07) is 16.8. The van der Waals surface area contributed by atoms with E-state index in [9.17, 15) is 0 Å². The number of hydrogen-bond donors (Lipinski definition) is 4. The fourth-order valence-electron chi connectivity index (χ4n) is 3.62. The van der Waals surface area contributed by atoms with Crippen molar-refractivity contribution in [2.45, 2.75) is 19.8 Å². The van der Waals surface area contributed by atoms with Crippen LogP contribution in [0, 0.1) is 0 Å². The Morgan fingerprint density at radius 2 is 1.41 bits per heavy atom. The zero-order chi connectivity index (χ0) is 19.2. The number of H-pyrrole nitrogens is 2. The van der Waals surface area contributed by atoms with Crippen LogP contribution in [-0.4, -0.2) is 35.6 Å². The minimum Gasteiger partial charge on any atom is -0.361 e. The molecule has 4 rings (SSSR count). The van der Waals surface area contributed by atoms with E-state index in [4.69, 9.17) is 4.99 Å². The van der Waals surface area contributed by atoms with E-state index in [0.717, 1.165) is 38.4 Å². The molecule has 0 aliphatic rings. The van der Waals surface area contributed by atoms with Crippen molar-refractivity contribution in [3.05, 3.63) is 72.1 Å². The summed E-state index contributed by atoms with van der Waals surface area (Å²) in [6.07, 6.45) is 6.07. The standard InChI is InChI=1S/C23H27N5.HI/c1-2-24-23(25-13-11-17-15-27-21-9-5-3-7-19(17)21)26-14-12-18-16-28-22-10-6-4-8-20(18)22;/h3-10,15-16,27-28H,2,11-14H2,1H3,(H2,24,25,26);1H. The molecule has 2 aromatic carbocycles. The molecule has 2 heterocycles. The van der Waals surface area contributed by atoms with Crippen molar-refractivity contribution in [3.63, 3.8) is 0 Å². The summed E-state index contributed by atoms with van der Waals surface area (Å²) in [5, 5.41) is 9.38. The highest BCUT2D eigenvalue weighted by molar-refractivity contribution is 14.0. The van der Waals surface area contributed by atoms with Gasteiger partial charge in [0.1, 0.15) is 0 Å². The maximum absolute atomic E-state index is 4.75. The van der Waals surface area contributed by atoms with Crippen molar-refractivity contribution in [1.29, 1.82) is 0 Å². The van der Waals surface area contributed by atoms with Gasteiger partial charge in [-0.3, -0.25) is 4.99 Å². The normalized spacial score (nSPS) is 11.6. The van der Waals surface area contributed by atoms with Gasteiger partial charge in [-0.15, -0.1) is 24.0 Å².